The van der Waals surface area contributed by atoms with Gasteiger partial charge in [-0.1, -0.05) is 45.9 Å². The molecule has 23 heavy (non-hydrogen) atoms. The van der Waals surface area contributed by atoms with Gasteiger partial charge < -0.3 is 4.90 Å². The maximum Gasteiger partial charge on any atom is 0.222 e. The first-order chi connectivity index (χ1) is 10.8. The third kappa shape index (κ3) is 2.10. The largest absolute Gasteiger partial charge is 0.339 e. The Balaban J connectivity index is 1.85. The molecule has 0 unspecified atom stereocenters. The van der Waals surface area contributed by atoms with E-state index < -0.39 is 0 Å². The van der Waals surface area contributed by atoms with E-state index >= 15 is 0 Å². The Kier molecular flexibility index (Phi) is 3.21. The molecule has 2 saturated heterocycles. The zero-order chi connectivity index (χ0) is 16.4. The van der Waals surface area contributed by atoms with Crippen LogP contribution in [0.2, 0.25) is 0 Å². The molecule has 1 aromatic carbocycles. The lowest BCUT2D eigenvalue weighted by Crippen LogP contribution is -2.55. The van der Waals surface area contributed by atoms with Crippen molar-refractivity contribution in [3.05, 3.63) is 34.9 Å². The molecule has 0 aromatic heterocycles. The first kappa shape index (κ1) is 15.2. The van der Waals surface area contributed by atoms with E-state index in [9.17, 15) is 4.79 Å². The minimum atomic E-state index is 0.179. The van der Waals surface area contributed by atoms with E-state index in [-0.39, 0.29) is 10.8 Å². The van der Waals surface area contributed by atoms with Gasteiger partial charge in [-0.05, 0) is 59.1 Å². The minimum absolute atomic E-state index is 0.179. The lowest BCUT2D eigenvalue weighted by Gasteiger charge is -2.53. The molecule has 1 aliphatic carbocycles. The van der Waals surface area contributed by atoms with Crippen LogP contribution >= 0.6 is 0 Å². The van der Waals surface area contributed by atoms with Crippen molar-refractivity contribution < 1.29 is 4.79 Å². The number of carbonyl (C=O) groups is 1. The number of carbonyl (C=O) groups excluding carboxylic acids is 1. The van der Waals surface area contributed by atoms with Crippen LogP contribution in [0.1, 0.15) is 70.1 Å². The second-order valence-electron chi connectivity index (χ2n) is 9.10. The zero-order valence-corrected chi connectivity index (χ0v) is 15.0. The summed E-state index contributed by atoms with van der Waals surface area (Å²) < 4.78 is 0. The van der Waals surface area contributed by atoms with Crippen molar-refractivity contribution >= 4 is 5.91 Å². The fraction of sp³-hybridized carbons (Fsp3) is 0.667. The van der Waals surface area contributed by atoms with Crippen molar-refractivity contribution in [2.45, 2.75) is 76.7 Å². The lowest BCUT2D eigenvalue weighted by molar-refractivity contribution is -0.132. The summed E-state index contributed by atoms with van der Waals surface area (Å²) in [6, 6.07) is 7.43. The molecular weight excluding hydrogens is 282 g/mol. The van der Waals surface area contributed by atoms with Crippen LogP contribution in [0.15, 0.2) is 18.2 Å². The van der Waals surface area contributed by atoms with Gasteiger partial charge in [0.15, 0.2) is 0 Å². The standard InChI is InChI=1S/C21H29NO/c1-20(2,3)16-7-5-6-14-8-9-15-17-10-11-18(23)22(17)13-12-21(15,4)19(14)16/h5-7,15,17H,8-13H2,1-4H3/t15-,17-,21-/m0/s1. The predicted octanol–water partition coefficient (Wildman–Crippen LogP) is 4.20. The highest BCUT2D eigenvalue weighted by Gasteiger charge is 2.52. The van der Waals surface area contributed by atoms with Gasteiger partial charge >= 0.3 is 0 Å². The number of aryl methyl sites for hydroxylation is 1. The number of hydrogen-bond acceptors (Lipinski definition) is 1. The van der Waals surface area contributed by atoms with Crippen LogP contribution in [0.4, 0.5) is 0 Å². The molecule has 2 heteroatoms. The number of rotatable bonds is 0. The quantitative estimate of drug-likeness (QED) is 0.703. The fourth-order valence-corrected chi connectivity index (χ4v) is 5.67. The maximum atomic E-state index is 12.2. The van der Waals surface area contributed by atoms with E-state index in [1.807, 2.05) is 0 Å². The normalized spacial score (nSPS) is 33.2. The predicted molar refractivity (Wildman–Crippen MR) is 93.7 cm³/mol. The van der Waals surface area contributed by atoms with Crippen LogP contribution in [-0.2, 0) is 22.0 Å². The number of amides is 1. The van der Waals surface area contributed by atoms with Crippen LogP contribution in [-0.4, -0.2) is 23.4 Å². The van der Waals surface area contributed by atoms with E-state index in [0.717, 1.165) is 25.8 Å². The van der Waals surface area contributed by atoms with Gasteiger partial charge in [0.25, 0.3) is 0 Å². The number of fused-ring (bicyclic) bond motifs is 5. The molecule has 1 amide bonds. The monoisotopic (exact) mass is 311 g/mol. The van der Waals surface area contributed by atoms with E-state index in [1.54, 1.807) is 11.1 Å². The summed E-state index contributed by atoms with van der Waals surface area (Å²) in [5.74, 6) is 1.03. The van der Waals surface area contributed by atoms with Gasteiger partial charge in [0.05, 0.1) is 0 Å². The Morgan fingerprint density at radius 2 is 1.96 bits per heavy atom. The van der Waals surface area contributed by atoms with Crippen LogP contribution in [0, 0.1) is 5.92 Å². The fourth-order valence-electron chi connectivity index (χ4n) is 5.67. The average Bonchev–Trinajstić information content (AvgIpc) is 2.86. The second-order valence-corrected chi connectivity index (χ2v) is 9.10. The summed E-state index contributed by atoms with van der Waals surface area (Å²) in [5, 5.41) is 0. The molecule has 1 aromatic rings. The van der Waals surface area contributed by atoms with E-state index in [2.05, 4.69) is 50.8 Å². The molecule has 3 aliphatic rings. The van der Waals surface area contributed by atoms with Crippen molar-refractivity contribution in [1.29, 1.82) is 0 Å². The van der Waals surface area contributed by atoms with Crippen molar-refractivity contribution in [1.82, 2.24) is 4.90 Å². The number of benzene rings is 1. The number of nitrogens with zero attached hydrogens (tertiary/aromatic N) is 1. The Morgan fingerprint density at radius 3 is 2.70 bits per heavy atom. The van der Waals surface area contributed by atoms with Crippen LogP contribution in [0.25, 0.3) is 0 Å². The Hall–Kier alpha value is -1.31. The third-order valence-corrected chi connectivity index (χ3v) is 6.78. The molecule has 4 rings (SSSR count). The summed E-state index contributed by atoms with van der Waals surface area (Å²) >= 11 is 0. The molecule has 2 fully saturated rings. The smallest absolute Gasteiger partial charge is 0.222 e. The third-order valence-electron chi connectivity index (χ3n) is 6.78. The van der Waals surface area contributed by atoms with E-state index in [0.29, 0.717) is 17.9 Å². The van der Waals surface area contributed by atoms with E-state index in [1.165, 1.54) is 18.4 Å². The average molecular weight is 311 g/mol. The Labute approximate surface area is 140 Å². The molecular formula is C21H29NO. The molecule has 0 N–H and O–H groups in total. The summed E-state index contributed by atoms with van der Waals surface area (Å²) in [7, 11) is 0. The van der Waals surface area contributed by atoms with Gasteiger partial charge in [-0.2, -0.15) is 0 Å². The van der Waals surface area contributed by atoms with Gasteiger partial charge in [-0.25, -0.2) is 0 Å². The Morgan fingerprint density at radius 1 is 1.17 bits per heavy atom. The van der Waals surface area contributed by atoms with Crippen LogP contribution in [0.5, 0.6) is 0 Å². The van der Waals surface area contributed by atoms with Gasteiger partial charge in [0.1, 0.15) is 0 Å². The zero-order valence-electron chi connectivity index (χ0n) is 15.0. The molecule has 124 valence electrons. The van der Waals surface area contributed by atoms with Crippen molar-refractivity contribution in [2.75, 3.05) is 6.54 Å². The Bertz CT molecular complexity index is 656. The second kappa shape index (κ2) is 4.84. The molecule has 0 radical (unpaired) electrons. The summed E-state index contributed by atoms with van der Waals surface area (Å²) in [6.45, 7) is 10.5. The maximum absolute atomic E-state index is 12.2. The summed E-state index contributed by atoms with van der Waals surface area (Å²) in [5.41, 5.74) is 5.14. The first-order valence-corrected chi connectivity index (χ1v) is 9.25. The molecule has 0 bridgehead atoms. The highest BCUT2D eigenvalue weighted by molar-refractivity contribution is 5.79. The van der Waals surface area contributed by atoms with E-state index in [4.69, 9.17) is 0 Å². The summed E-state index contributed by atoms with van der Waals surface area (Å²) in [6.07, 6.45) is 5.39. The highest BCUT2D eigenvalue weighted by atomic mass is 16.2. The van der Waals surface area contributed by atoms with Gasteiger partial charge in [0, 0.05) is 19.0 Å². The van der Waals surface area contributed by atoms with Gasteiger partial charge in [-0.15, -0.1) is 0 Å². The van der Waals surface area contributed by atoms with Gasteiger partial charge in [0.2, 0.25) is 5.91 Å². The van der Waals surface area contributed by atoms with Crippen molar-refractivity contribution in [3.63, 3.8) is 0 Å². The van der Waals surface area contributed by atoms with Crippen LogP contribution < -0.4 is 0 Å². The molecule has 3 atom stereocenters. The van der Waals surface area contributed by atoms with Crippen molar-refractivity contribution in [3.8, 4) is 0 Å². The first-order valence-electron chi connectivity index (χ1n) is 9.25. The van der Waals surface area contributed by atoms with Gasteiger partial charge in [-0.3, -0.25) is 4.79 Å². The lowest BCUT2D eigenvalue weighted by atomic mass is 9.56. The van der Waals surface area contributed by atoms with Crippen LogP contribution in [0.3, 0.4) is 0 Å². The summed E-state index contributed by atoms with van der Waals surface area (Å²) in [4.78, 5) is 14.4. The number of piperidine rings is 1. The topological polar surface area (TPSA) is 20.3 Å². The molecule has 2 heterocycles. The molecule has 2 aliphatic heterocycles. The highest BCUT2D eigenvalue weighted by Crippen LogP contribution is 2.53. The number of hydrogen-bond donors (Lipinski definition) is 0. The minimum Gasteiger partial charge on any atom is -0.339 e. The van der Waals surface area contributed by atoms with Crippen molar-refractivity contribution in [2.24, 2.45) is 5.92 Å². The SMILES string of the molecule is CC(C)(C)c1cccc2c1[C@@]1(C)CCN3C(=O)CC[C@H]3[C@@H]1CC2. The molecule has 0 spiro atoms. The molecule has 0 saturated carbocycles. The molecule has 2 nitrogen and oxygen atoms in total.